The second kappa shape index (κ2) is 8.93. The number of hydrogen-bond acceptors (Lipinski definition) is 2. The Labute approximate surface area is 172 Å². The lowest BCUT2D eigenvalue weighted by Gasteiger charge is -2.26. The Morgan fingerprint density at radius 3 is 2.48 bits per heavy atom. The minimum Gasteiger partial charge on any atom is -0.496 e. The second-order valence-electron chi connectivity index (χ2n) is 7.56. The molecule has 0 saturated heterocycles. The summed E-state index contributed by atoms with van der Waals surface area (Å²) in [4.78, 5) is 14.1. The zero-order valence-corrected chi connectivity index (χ0v) is 16.8. The topological polar surface area (TPSA) is 42.8 Å². The molecule has 0 fully saturated rings. The van der Waals surface area contributed by atoms with E-state index in [4.69, 9.17) is 4.74 Å². The number of para-hydroxylation sites is 1. The van der Waals surface area contributed by atoms with E-state index < -0.39 is 0 Å². The molecule has 1 heterocycles. The van der Waals surface area contributed by atoms with Crippen LogP contribution in [0.1, 0.15) is 32.6 Å². The number of methoxy groups -OCH3 is 1. The molecular formula is C25H27N2O2+. The van der Waals surface area contributed by atoms with Crippen LogP contribution < -0.4 is 15.0 Å². The van der Waals surface area contributed by atoms with Crippen LogP contribution in [0.3, 0.4) is 0 Å². The Hall–Kier alpha value is -3.11. The lowest BCUT2D eigenvalue weighted by Crippen LogP contribution is -3.10. The molecule has 0 spiro atoms. The van der Waals surface area contributed by atoms with E-state index in [1.165, 1.54) is 16.7 Å². The van der Waals surface area contributed by atoms with Crippen molar-refractivity contribution in [2.24, 2.45) is 0 Å². The molecule has 3 aromatic carbocycles. The first kappa shape index (κ1) is 19.2. The van der Waals surface area contributed by atoms with Gasteiger partial charge in [-0.25, -0.2) is 0 Å². The Kier molecular flexibility index (Phi) is 5.92. The van der Waals surface area contributed by atoms with Crippen molar-refractivity contribution in [2.75, 3.05) is 13.7 Å². The highest BCUT2D eigenvalue weighted by molar-refractivity contribution is 5.94. The number of carbonyl (C=O) groups is 1. The standard InChI is InChI=1S/C25H26N2O2/c1-29-24-9-5-4-7-22(24)16-26-25(28)21-12-10-19(11-13-21)17-27-15-14-20-6-2-3-8-23(20)18-27/h2-13H,14-18H2,1H3,(H,26,28)/p+1. The van der Waals surface area contributed by atoms with E-state index in [0.717, 1.165) is 37.4 Å². The SMILES string of the molecule is COc1ccccc1CNC(=O)c1ccc(C[NH+]2CCc3ccccc3C2)cc1. The molecule has 4 rings (SSSR count). The molecule has 1 aliphatic heterocycles. The normalized spacial score (nSPS) is 15.4. The van der Waals surface area contributed by atoms with Gasteiger partial charge in [-0.1, -0.05) is 54.6 Å². The lowest BCUT2D eigenvalue weighted by molar-refractivity contribution is -0.929. The molecule has 0 bridgehead atoms. The summed E-state index contributed by atoms with van der Waals surface area (Å²) in [5.41, 5.74) is 5.86. The van der Waals surface area contributed by atoms with Gasteiger partial charge in [0.25, 0.3) is 5.91 Å². The number of quaternary nitrogens is 1. The summed E-state index contributed by atoms with van der Waals surface area (Å²) in [6.45, 7) is 3.65. The van der Waals surface area contributed by atoms with Gasteiger partial charge < -0.3 is 15.0 Å². The van der Waals surface area contributed by atoms with Gasteiger partial charge in [-0.3, -0.25) is 4.79 Å². The largest absolute Gasteiger partial charge is 0.496 e. The van der Waals surface area contributed by atoms with Crippen LogP contribution in [-0.2, 0) is 26.1 Å². The second-order valence-corrected chi connectivity index (χ2v) is 7.56. The first-order chi connectivity index (χ1) is 14.2. The molecule has 4 heteroatoms. The van der Waals surface area contributed by atoms with E-state index in [-0.39, 0.29) is 5.91 Å². The molecule has 0 saturated carbocycles. The van der Waals surface area contributed by atoms with Crippen molar-refractivity contribution in [3.05, 3.63) is 101 Å². The Bertz CT molecular complexity index is 982. The first-order valence-corrected chi connectivity index (χ1v) is 10.1. The number of ether oxygens (including phenoxy) is 1. The number of hydrogen-bond donors (Lipinski definition) is 2. The molecule has 4 nitrogen and oxygen atoms in total. The van der Waals surface area contributed by atoms with E-state index in [2.05, 4.69) is 41.7 Å². The van der Waals surface area contributed by atoms with Crippen LogP contribution in [0.15, 0.2) is 72.8 Å². The molecule has 1 amide bonds. The molecule has 0 radical (unpaired) electrons. The van der Waals surface area contributed by atoms with E-state index in [1.807, 2.05) is 36.4 Å². The minimum atomic E-state index is -0.0679. The number of amides is 1. The Balaban J connectivity index is 1.34. The summed E-state index contributed by atoms with van der Waals surface area (Å²) >= 11 is 0. The van der Waals surface area contributed by atoms with Gasteiger partial charge in [0.15, 0.2) is 0 Å². The van der Waals surface area contributed by atoms with E-state index in [0.29, 0.717) is 12.1 Å². The predicted octanol–water partition coefficient (Wildman–Crippen LogP) is 2.77. The van der Waals surface area contributed by atoms with Crippen molar-refractivity contribution < 1.29 is 14.4 Å². The predicted molar refractivity (Wildman–Crippen MR) is 114 cm³/mol. The van der Waals surface area contributed by atoms with Crippen molar-refractivity contribution in [3.63, 3.8) is 0 Å². The van der Waals surface area contributed by atoms with Gasteiger partial charge in [-0.15, -0.1) is 0 Å². The molecule has 1 unspecified atom stereocenters. The molecule has 3 aromatic rings. The third kappa shape index (κ3) is 4.66. The Morgan fingerprint density at radius 1 is 0.966 bits per heavy atom. The fourth-order valence-electron chi connectivity index (χ4n) is 3.98. The van der Waals surface area contributed by atoms with Gasteiger partial charge in [0.1, 0.15) is 18.8 Å². The quantitative estimate of drug-likeness (QED) is 0.683. The van der Waals surface area contributed by atoms with Gasteiger partial charge in [0, 0.05) is 35.2 Å². The minimum absolute atomic E-state index is 0.0679. The molecular weight excluding hydrogens is 360 g/mol. The molecule has 29 heavy (non-hydrogen) atoms. The van der Waals surface area contributed by atoms with E-state index in [9.17, 15) is 4.79 Å². The van der Waals surface area contributed by atoms with Crippen LogP contribution in [0.5, 0.6) is 5.75 Å². The fraction of sp³-hybridized carbons (Fsp3) is 0.240. The number of nitrogens with one attached hydrogen (secondary N) is 2. The van der Waals surface area contributed by atoms with Crippen molar-refractivity contribution in [3.8, 4) is 5.75 Å². The monoisotopic (exact) mass is 387 g/mol. The van der Waals surface area contributed by atoms with Gasteiger partial charge in [-0.2, -0.15) is 0 Å². The highest BCUT2D eigenvalue weighted by Gasteiger charge is 2.19. The van der Waals surface area contributed by atoms with Crippen LogP contribution in [0.25, 0.3) is 0 Å². The summed E-state index contributed by atoms with van der Waals surface area (Å²) in [7, 11) is 1.64. The highest BCUT2D eigenvalue weighted by Crippen LogP contribution is 2.17. The van der Waals surface area contributed by atoms with E-state index >= 15 is 0 Å². The summed E-state index contributed by atoms with van der Waals surface area (Å²) in [6, 6.07) is 24.5. The van der Waals surface area contributed by atoms with Crippen LogP contribution in [0, 0.1) is 0 Å². The number of rotatable bonds is 6. The third-order valence-electron chi connectivity index (χ3n) is 5.61. The number of benzene rings is 3. The zero-order valence-electron chi connectivity index (χ0n) is 16.8. The summed E-state index contributed by atoms with van der Waals surface area (Å²) in [5, 5.41) is 2.98. The molecule has 148 valence electrons. The van der Waals surface area contributed by atoms with E-state index in [1.54, 1.807) is 12.0 Å². The smallest absolute Gasteiger partial charge is 0.251 e. The van der Waals surface area contributed by atoms with Crippen LogP contribution in [0.2, 0.25) is 0 Å². The zero-order chi connectivity index (χ0) is 20.1. The fourth-order valence-corrected chi connectivity index (χ4v) is 3.98. The van der Waals surface area contributed by atoms with Gasteiger partial charge in [0.2, 0.25) is 0 Å². The first-order valence-electron chi connectivity index (χ1n) is 10.1. The summed E-state index contributed by atoms with van der Waals surface area (Å²) in [6.07, 6.45) is 1.13. The maximum absolute atomic E-state index is 12.5. The van der Waals surface area contributed by atoms with Crippen molar-refractivity contribution in [2.45, 2.75) is 26.1 Å². The van der Waals surface area contributed by atoms with Crippen molar-refractivity contribution >= 4 is 5.91 Å². The molecule has 0 aliphatic carbocycles. The van der Waals surface area contributed by atoms with Gasteiger partial charge >= 0.3 is 0 Å². The van der Waals surface area contributed by atoms with Crippen LogP contribution in [0.4, 0.5) is 0 Å². The maximum atomic E-state index is 12.5. The summed E-state index contributed by atoms with van der Waals surface area (Å²) in [5.74, 6) is 0.718. The summed E-state index contributed by atoms with van der Waals surface area (Å²) < 4.78 is 5.34. The van der Waals surface area contributed by atoms with Gasteiger partial charge in [-0.05, 0) is 23.8 Å². The maximum Gasteiger partial charge on any atom is 0.251 e. The van der Waals surface area contributed by atoms with Crippen LogP contribution in [-0.4, -0.2) is 19.6 Å². The lowest BCUT2D eigenvalue weighted by atomic mass is 9.99. The molecule has 0 aromatic heterocycles. The molecule has 1 aliphatic rings. The Morgan fingerprint density at radius 2 is 1.69 bits per heavy atom. The molecule has 2 N–H and O–H groups in total. The van der Waals surface area contributed by atoms with Crippen LogP contribution >= 0.6 is 0 Å². The third-order valence-corrected chi connectivity index (χ3v) is 5.61. The number of fused-ring (bicyclic) bond motifs is 1. The van der Waals surface area contributed by atoms with Crippen molar-refractivity contribution in [1.29, 1.82) is 0 Å². The van der Waals surface area contributed by atoms with Gasteiger partial charge in [0.05, 0.1) is 13.7 Å². The van der Waals surface area contributed by atoms with Crippen molar-refractivity contribution in [1.82, 2.24) is 5.32 Å². The average molecular weight is 388 g/mol. The number of carbonyl (C=O) groups excluding carboxylic acids is 1. The highest BCUT2D eigenvalue weighted by atomic mass is 16.5. The molecule has 1 atom stereocenters. The average Bonchev–Trinajstić information content (AvgIpc) is 2.78.